The Morgan fingerprint density at radius 1 is 1.28 bits per heavy atom. The molecule has 2 aromatic rings. The number of aromatic nitrogens is 2. The van der Waals surface area contributed by atoms with E-state index < -0.39 is 0 Å². The van der Waals surface area contributed by atoms with E-state index in [2.05, 4.69) is 10.2 Å². The first-order valence-electron chi connectivity index (χ1n) is 5.81. The molecule has 2 nitrogen and oxygen atoms in total. The normalized spacial score (nSPS) is 11.9. The Kier molecular flexibility index (Phi) is 3.20. The van der Waals surface area contributed by atoms with E-state index in [0.29, 0.717) is 5.56 Å². The molecule has 0 unspecified atom stereocenters. The standard InChI is InChI=1S/C14H16ClFN2/c1-8-10(7-17-18-8)9-5-11(14(2,3)4)13(16)12(15)6-9/h5-7H,1-4H3,(H,17,18). The molecule has 0 spiro atoms. The number of H-pyrrole nitrogens is 1. The van der Waals surface area contributed by atoms with Crippen LogP contribution in [0.25, 0.3) is 11.1 Å². The van der Waals surface area contributed by atoms with Crippen LogP contribution in [0.2, 0.25) is 5.02 Å². The summed E-state index contributed by atoms with van der Waals surface area (Å²) in [7, 11) is 0. The molecular formula is C14H16ClFN2. The van der Waals surface area contributed by atoms with Crippen LogP contribution in [0.3, 0.4) is 0 Å². The number of nitrogens with one attached hydrogen (secondary N) is 1. The third-order valence-corrected chi connectivity index (χ3v) is 3.25. The van der Waals surface area contributed by atoms with E-state index in [0.717, 1.165) is 16.8 Å². The van der Waals surface area contributed by atoms with Gasteiger partial charge in [0.25, 0.3) is 0 Å². The minimum Gasteiger partial charge on any atom is -0.285 e. The van der Waals surface area contributed by atoms with Crippen molar-refractivity contribution in [3.05, 3.63) is 40.4 Å². The van der Waals surface area contributed by atoms with Crippen molar-refractivity contribution in [1.29, 1.82) is 0 Å². The quantitative estimate of drug-likeness (QED) is 0.810. The van der Waals surface area contributed by atoms with Gasteiger partial charge in [0.1, 0.15) is 5.82 Å². The number of aryl methyl sites for hydroxylation is 1. The number of benzene rings is 1. The molecule has 2 rings (SSSR count). The Hall–Kier alpha value is -1.35. The summed E-state index contributed by atoms with van der Waals surface area (Å²) in [5.74, 6) is -0.339. The van der Waals surface area contributed by atoms with Gasteiger partial charge < -0.3 is 0 Å². The van der Waals surface area contributed by atoms with Crippen LogP contribution in [-0.2, 0) is 5.41 Å². The van der Waals surface area contributed by atoms with Crippen LogP contribution >= 0.6 is 11.6 Å². The second-order valence-corrected chi connectivity index (χ2v) is 5.86. The second kappa shape index (κ2) is 4.39. The number of rotatable bonds is 1. The summed E-state index contributed by atoms with van der Waals surface area (Å²) in [6.45, 7) is 7.80. The lowest BCUT2D eigenvalue weighted by Crippen LogP contribution is -2.14. The van der Waals surface area contributed by atoms with E-state index in [1.807, 2.05) is 33.8 Å². The summed E-state index contributed by atoms with van der Waals surface area (Å²) in [5.41, 5.74) is 3.03. The number of hydrogen-bond acceptors (Lipinski definition) is 1. The van der Waals surface area contributed by atoms with Crippen molar-refractivity contribution in [2.75, 3.05) is 0 Å². The van der Waals surface area contributed by atoms with Crippen molar-refractivity contribution in [3.63, 3.8) is 0 Å². The third kappa shape index (κ3) is 2.27. The first-order valence-corrected chi connectivity index (χ1v) is 6.19. The van der Waals surface area contributed by atoms with Crippen LogP contribution in [0, 0.1) is 12.7 Å². The molecule has 0 fully saturated rings. The molecule has 0 aliphatic heterocycles. The fraction of sp³-hybridized carbons (Fsp3) is 0.357. The van der Waals surface area contributed by atoms with Crippen molar-refractivity contribution in [2.24, 2.45) is 0 Å². The molecule has 1 N–H and O–H groups in total. The molecule has 18 heavy (non-hydrogen) atoms. The maximum atomic E-state index is 14.1. The second-order valence-electron chi connectivity index (χ2n) is 5.45. The fourth-order valence-corrected chi connectivity index (χ4v) is 2.16. The highest BCUT2D eigenvalue weighted by atomic mass is 35.5. The van der Waals surface area contributed by atoms with Crippen molar-refractivity contribution in [3.8, 4) is 11.1 Å². The summed E-state index contributed by atoms with van der Waals surface area (Å²) in [6.07, 6.45) is 1.80. The molecule has 4 heteroatoms. The molecule has 0 aliphatic carbocycles. The third-order valence-electron chi connectivity index (χ3n) is 2.98. The van der Waals surface area contributed by atoms with Gasteiger partial charge in [0, 0.05) is 11.8 Å². The van der Waals surface area contributed by atoms with Gasteiger partial charge in [-0.3, -0.25) is 5.10 Å². The van der Waals surface area contributed by atoms with Gasteiger partial charge in [-0.1, -0.05) is 32.4 Å². The lowest BCUT2D eigenvalue weighted by molar-refractivity contribution is 0.523. The van der Waals surface area contributed by atoms with Gasteiger partial charge in [-0.15, -0.1) is 0 Å². The Labute approximate surface area is 111 Å². The van der Waals surface area contributed by atoms with Crippen LogP contribution in [-0.4, -0.2) is 10.2 Å². The van der Waals surface area contributed by atoms with Gasteiger partial charge in [0.05, 0.1) is 10.7 Å². The molecule has 0 aliphatic rings. The number of hydrogen-bond donors (Lipinski definition) is 1. The molecule has 0 amide bonds. The SMILES string of the molecule is Cc1n[nH]cc1-c1cc(Cl)c(F)c(C(C)(C)C)c1. The molecule has 1 heterocycles. The summed E-state index contributed by atoms with van der Waals surface area (Å²) in [6, 6.07) is 3.49. The van der Waals surface area contributed by atoms with E-state index >= 15 is 0 Å². The molecule has 1 aromatic carbocycles. The minimum absolute atomic E-state index is 0.151. The lowest BCUT2D eigenvalue weighted by atomic mass is 9.85. The molecule has 0 radical (unpaired) electrons. The van der Waals surface area contributed by atoms with Crippen molar-refractivity contribution in [2.45, 2.75) is 33.1 Å². The van der Waals surface area contributed by atoms with Gasteiger partial charge >= 0.3 is 0 Å². The summed E-state index contributed by atoms with van der Waals surface area (Å²) < 4.78 is 14.1. The molecule has 96 valence electrons. The van der Waals surface area contributed by atoms with Gasteiger partial charge in [0.15, 0.2) is 0 Å². The Morgan fingerprint density at radius 3 is 2.44 bits per heavy atom. The number of aromatic amines is 1. The zero-order valence-electron chi connectivity index (χ0n) is 10.9. The predicted octanol–water partition coefficient (Wildman–Crippen LogP) is 4.48. The zero-order chi connectivity index (χ0) is 13.5. The lowest BCUT2D eigenvalue weighted by Gasteiger charge is -2.21. The van der Waals surface area contributed by atoms with Crippen LogP contribution in [0.15, 0.2) is 18.3 Å². The molecule has 0 saturated carbocycles. The van der Waals surface area contributed by atoms with Crippen LogP contribution in [0.4, 0.5) is 4.39 Å². The van der Waals surface area contributed by atoms with Crippen molar-refractivity contribution in [1.82, 2.24) is 10.2 Å². The highest BCUT2D eigenvalue weighted by molar-refractivity contribution is 6.31. The zero-order valence-corrected chi connectivity index (χ0v) is 11.7. The molecule has 0 atom stereocenters. The Morgan fingerprint density at radius 2 is 1.94 bits per heavy atom. The van der Waals surface area contributed by atoms with Crippen LogP contribution < -0.4 is 0 Å². The van der Waals surface area contributed by atoms with Crippen LogP contribution in [0.1, 0.15) is 32.0 Å². The summed E-state index contributed by atoms with van der Waals surface area (Å²) in [4.78, 5) is 0. The predicted molar refractivity (Wildman–Crippen MR) is 72.4 cm³/mol. The first kappa shape index (κ1) is 13.1. The highest BCUT2D eigenvalue weighted by Crippen LogP contribution is 2.34. The monoisotopic (exact) mass is 266 g/mol. The maximum Gasteiger partial charge on any atom is 0.145 e. The topological polar surface area (TPSA) is 28.7 Å². The van der Waals surface area contributed by atoms with E-state index in [1.54, 1.807) is 12.3 Å². The number of nitrogens with zero attached hydrogens (tertiary/aromatic N) is 1. The average molecular weight is 267 g/mol. The van der Waals surface area contributed by atoms with Gasteiger partial charge in [0.2, 0.25) is 0 Å². The minimum atomic E-state index is -0.339. The highest BCUT2D eigenvalue weighted by Gasteiger charge is 2.22. The maximum absolute atomic E-state index is 14.1. The van der Waals surface area contributed by atoms with E-state index in [4.69, 9.17) is 11.6 Å². The molecule has 1 aromatic heterocycles. The first-order chi connectivity index (χ1) is 8.30. The molecular weight excluding hydrogens is 251 g/mol. The van der Waals surface area contributed by atoms with Crippen molar-refractivity contribution >= 4 is 11.6 Å². The number of halogens is 2. The Bertz CT molecular complexity index is 582. The van der Waals surface area contributed by atoms with E-state index in [1.165, 1.54) is 0 Å². The summed E-state index contributed by atoms with van der Waals surface area (Å²) >= 11 is 5.99. The summed E-state index contributed by atoms with van der Waals surface area (Å²) in [5, 5.41) is 7.03. The molecule has 0 saturated heterocycles. The Balaban J connectivity index is 2.66. The van der Waals surface area contributed by atoms with E-state index in [9.17, 15) is 4.39 Å². The van der Waals surface area contributed by atoms with Gasteiger partial charge in [-0.25, -0.2) is 4.39 Å². The molecule has 0 bridgehead atoms. The van der Waals surface area contributed by atoms with Crippen LogP contribution in [0.5, 0.6) is 0 Å². The fourth-order valence-electron chi connectivity index (χ4n) is 1.94. The smallest absolute Gasteiger partial charge is 0.145 e. The van der Waals surface area contributed by atoms with E-state index in [-0.39, 0.29) is 16.3 Å². The van der Waals surface area contributed by atoms with Gasteiger partial charge in [-0.05, 0) is 35.6 Å². The van der Waals surface area contributed by atoms with Gasteiger partial charge in [-0.2, -0.15) is 5.10 Å². The van der Waals surface area contributed by atoms with Crippen molar-refractivity contribution < 1.29 is 4.39 Å². The largest absolute Gasteiger partial charge is 0.285 e. The average Bonchev–Trinajstić information content (AvgIpc) is 2.66.